The zero-order valence-corrected chi connectivity index (χ0v) is 8.02. The van der Waals surface area contributed by atoms with E-state index in [2.05, 4.69) is 5.10 Å². The predicted octanol–water partition coefficient (Wildman–Crippen LogP) is 0.183. The summed E-state index contributed by atoms with van der Waals surface area (Å²) in [6, 6.07) is 0. The second-order valence-corrected chi connectivity index (χ2v) is 4.65. The first kappa shape index (κ1) is 9.34. The van der Waals surface area contributed by atoms with Crippen molar-refractivity contribution in [1.29, 1.82) is 0 Å². The molecule has 0 unspecified atom stereocenters. The number of halogens is 1. The minimum absolute atomic E-state index is 0.179. The molecular formula is C5H7ClN2O3S. The molecule has 0 atom stereocenters. The van der Waals surface area contributed by atoms with E-state index in [1.165, 1.54) is 7.05 Å². The zero-order chi connectivity index (χ0) is 9.52. The van der Waals surface area contributed by atoms with Gasteiger partial charge in [-0.05, 0) is 0 Å². The number of aromatic nitrogens is 2. The van der Waals surface area contributed by atoms with Gasteiger partial charge in [0.1, 0.15) is 5.02 Å². The molecule has 1 heterocycles. The highest BCUT2D eigenvalue weighted by Gasteiger charge is 2.21. The van der Waals surface area contributed by atoms with Crippen LogP contribution >= 0.6 is 11.6 Å². The molecule has 0 aliphatic carbocycles. The Balaban J connectivity index is 3.54. The SMILES string of the molecule is Cn1nc(O)c(Cl)c1S(C)(=O)=O. The molecule has 1 N–H and O–H groups in total. The Bertz CT molecular complexity index is 409. The molecule has 1 rings (SSSR count). The molecule has 1 aromatic heterocycles. The third-order valence-electron chi connectivity index (χ3n) is 1.27. The van der Waals surface area contributed by atoms with Crippen LogP contribution in [-0.4, -0.2) is 29.6 Å². The van der Waals surface area contributed by atoms with Crippen molar-refractivity contribution in [2.24, 2.45) is 7.05 Å². The summed E-state index contributed by atoms with van der Waals surface area (Å²) in [4.78, 5) is 0. The van der Waals surface area contributed by atoms with Crippen LogP contribution in [0.25, 0.3) is 0 Å². The maximum absolute atomic E-state index is 11.0. The topological polar surface area (TPSA) is 72.2 Å². The molecular weight excluding hydrogens is 204 g/mol. The van der Waals surface area contributed by atoms with Gasteiger partial charge in [-0.25, -0.2) is 8.42 Å². The van der Waals surface area contributed by atoms with E-state index in [9.17, 15) is 8.42 Å². The maximum Gasteiger partial charge on any atom is 0.250 e. The lowest BCUT2D eigenvalue weighted by Crippen LogP contribution is -2.05. The molecule has 0 bridgehead atoms. The van der Waals surface area contributed by atoms with Crippen molar-refractivity contribution in [1.82, 2.24) is 9.78 Å². The molecule has 7 heteroatoms. The first-order valence-corrected chi connectivity index (χ1v) is 5.22. The molecule has 0 saturated carbocycles. The quantitative estimate of drug-likeness (QED) is 0.718. The highest BCUT2D eigenvalue weighted by molar-refractivity contribution is 7.90. The zero-order valence-electron chi connectivity index (χ0n) is 6.44. The summed E-state index contributed by atoms with van der Waals surface area (Å²) >= 11 is 5.49. The molecule has 0 radical (unpaired) electrons. The number of hydrogen-bond donors (Lipinski definition) is 1. The number of aryl methyl sites for hydroxylation is 1. The van der Waals surface area contributed by atoms with Gasteiger partial charge in [0.25, 0.3) is 5.88 Å². The van der Waals surface area contributed by atoms with E-state index in [1.54, 1.807) is 0 Å². The van der Waals surface area contributed by atoms with E-state index >= 15 is 0 Å². The fourth-order valence-electron chi connectivity index (χ4n) is 0.872. The fraction of sp³-hybridized carbons (Fsp3) is 0.400. The van der Waals surface area contributed by atoms with Gasteiger partial charge in [0, 0.05) is 13.3 Å². The average Bonchev–Trinajstić information content (AvgIpc) is 2.05. The monoisotopic (exact) mass is 210 g/mol. The maximum atomic E-state index is 11.0. The van der Waals surface area contributed by atoms with Gasteiger partial charge in [-0.2, -0.15) is 0 Å². The molecule has 68 valence electrons. The van der Waals surface area contributed by atoms with Crippen molar-refractivity contribution in [2.45, 2.75) is 5.03 Å². The van der Waals surface area contributed by atoms with E-state index in [4.69, 9.17) is 16.7 Å². The van der Waals surface area contributed by atoms with E-state index < -0.39 is 15.7 Å². The third-order valence-corrected chi connectivity index (χ3v) is 2.90. The van der Waals surface area contributed by atoms with Crippen LogP contribution < -0.4 is 0 Å². The predicted molar refractivity (Wildman–Crippen MR) is 43.0 cm³/mol. The number of aromatic hydroxyl groups is 1. The molecule has 5 nitrogen and oxygen atoms in total. The molecule has 1 aromatic rings. The van der Waals surface area contributed by atoms with Gasteiger partial charge < -0.3 is 5.11 Å². The number of rotatable bonds is 1. The van der Waals surface area contributed by atoms with Crippen LogP contribution in [0.4, 0.5) is 0 Å². The Morgan fingerprint density at radius 2 is 2.08 bits per heavy atom. The highest BCUT2D eigenvalue weighted by Crippen LogP contribution is 2.28. The smallest absolute Gasteiger partial charge is 0.250 e. The van der Waals surface area contributed by atoms with Crippen molar-refractivity contribution in [3.8, 4) is 5.88 Å². The summed E-state index contributed by atoms with van der Waals surface area (Å²) in [5.74, 6) is -0.473. The van der Waals surface area contributed by atoms with Gasteiger partial charge in [0.05, 0.1) is 0 Å². The second kappa shape index (κ2) is 2.63. The molecule has 0 aliphatic heterocycles. The summed E-state index contributed by atoms with van der Waals surface area (Å²) in [6.07, 6.45) is 0.995. The summed E-state index contributed by atoms with van der Waals surface area (Å²) in [7, 11) is -2.04. The largest absolute Gasteiger partial charge is 0.491 e. The standard InChI is InChI=1S/C5H7ClN2O3S/c1-8-5(12(2,10)11)3(6)4(9)7-8/h1-2H3,(H,7,9). The summed E-state index contributed by atoms with van der Waals surface area (Å²) < 4.78 is 23.1. The summed E-state index contributed by atoms with van der Waals surface area (Å²) in [5, 5.41) is 12.0. The molecule has 0 amide bonds. The van der Waals surface area contributed by atoms with Crippen molar-refractivity contribution in [3.05, 3.63) is 5.02 Å². The van der Waals surface area contributed by atoms with Crippen molar-refractivity contribution >= 4 is 21.4 Å². The van der Waals surface area contributed by atoms with Crippen LogP contribution in [0.2, 0.25) is 5.02 Å². The molecule has 0 aromatic carbocycles. The van der Waals surface area contributed by atoms with Gasteiger partial charge in [-0.3, -0.25) is 4.68 Å². The first-order valence-electron chi connectivity index (χ1n) is 2.95. The van der Waals surface area contributed by atoms with Gasteiger partial charge >= 0.3 is 0 Å². The Hall–Kier alpha value is -0.750. The van der Waals surface area contributed by atoms with Gasteiger partial charge in [0.2, 0.25) is 0 Å². The normalized spacial score (nSPS) is 11.9. The summed E-state index contributed by atoms with van der Waals surface area (Å²) in [5.41, 5.74) is 0. The minimum atomic E-state index is -3.43. The number of nitrogens with zero attached hydrogens (tertiary/aromatic N) is 2. The van der Waals surface area contributed by atoms with Gasteiger partial charge in [-0.15, -0.1) is 5.10 Å². The van der Waals surface area contributed by atoms with E-state index in [-0.39, 0.29) is 10.0 Å². The van der Waals surface area contributed by atoms with Crippen molar-refractivity contribution in [2.75, 3.05) is 6.26 Å². The highest BCUT2D eigenvalue weighted by atomic mass is 35.5. The second-order valence-electron chi connectivity index (χ2n) is 2.34. The minimum Gasteiger partial charge on any atom is -0.491 e. The number of hydrogen-bond acceptors (Lipinski definition) is 4. The van der Waals surface area contributed by atoms with Crippen LogP contribution in [0.3, 0.4) is 0 Å². The molecule has 0 saturated heterocycles. The molecule has 12 heavy (non-hydrogen) atoms. The Morgan fingerprint density at radius 3 is 2.25 bits per heavy atom. The Morgan fingerprint density at radius 1 is 1.58 bits per heavy atom. The Labute approximate surface area is 74.5 Å². The van der Waals surface area contributed by atoms with Crippen LogP contribution in [0.5, 0.6) is 5.88 Å². The van der Waals surface area contributed by atoms with E-state index in [0.29, 0.717) is 0 Å². The molecule has 0 spiro atoms. The lowest BCUT2D eigenvalue weighted by atomic mass is 10.7. The van der Waals surface area contributed by atoms with Crippen molar-refractivity contribution in [3.63, 3.8) is 0 Å². The van der Waals surface area contributed by atoms with Gasteiger partial charge in [-0.1, -0.05) is 11.6 Å². The number of sulfone groups is 1. The van der Waals surface area contributed by atoms with E-state index in [0.717, 1.165) is 10.9 Å². The van der Waals surface area contributed by atoms with Crippen LogP contribution in [0, 0.1) is 0 Å². The van der Waals surface area contributed by atoms with Crippen LogP contribution in [0.1, 0.15) is 0 Å². The lowest BCUT2D eigenvalue weighted by Gasteiger charge is -1.96. The molecule has 0 fully saturated rings. The lowest BCUT2D eigenvalue weighted by molar-refractivity contribution is 0.443. The van der Waals surface area contributed by atoms with Crippen molar-refractivity contribution < 1.29 is 13.5 Å². The average molecular weight is 211 g/mol. The fourth-order valence-corrected chi connectivity index (χ4v) is 2.39. The van der Waals surface area contributed by atoms with Gasteiger partial charge in [0.15, 0.2) is 14.9 Å². The van der Waals surface area contributed by atoms with E-state index in [1.807, 2.05) is 0 Å². The third kappa shape index (κ3) is 1.39. The molecule has 0 aliphatic rings. The van der Waals surface area contributed by atoms with Crippen LogP contribution in [-0.2, 0) is 16.9 Å². The first-order chi connectivity index (χ1) is 5.34. The summed E-state index contributed by atoms with van der Waals surface area (Å²) in [6.45, 7) is 0. The Kier molecular flexibility index (Phi) is 2.05. The van der Waals surface area contributed by atoms with Crippen LogP contribution in [0.15, 0.2) is 5.03 Å².